The van der Waals surface area contributed by atoms with E-state index in [1.165, 1.54) is 38.5 Å². The number of hydrogen-bond acceptors (Lipinski definition) is 4. The zero-order valence-electron chi connectivity index (χ0n) is 17.2. The van der Waals surface area contributed by atoms with Crippen LogP contribution < -0.4 is 5.32 Å². The summed E-state index contributed by atoms with van der Waals surface area (Å²) >= 11 is 1.55. The summed E-state index contributed by atoms with van der Waals surface area (Å²) < 4.78 is 1.86. The van der Waals surface area contributed by atoms with Crippen molar-refractivity contribution in [1.82, 2.24) is 14.7 Å². The summed E-state index contributed by atoms with van der Waals surface area (Å²) in [6, 6.07) is 5.63. The highest BCUT2D eigenvalue weighted by molar-refractivity contribution is 7.98. The van der Waals surface area contributed by atoms with E-state index in [0.717, 1.165) is 35.6 Å². The maximum Gasteiger partial charge on any atom is 0.304 e. The van der Waals surface area contributed by atoms with Crippen molar-refractivity contribution < 1.29 is 14.7 Å². The summed E-state index contributed by atoms with van der Waals surface area (Å²) in [6.07, 6.45) is 10.1. The molecule has 0 saturated heterocycles. The van der Waals surface area contributed by atoms with Crippen LogP contribution in [0, 0.1) is 23.2 Å². The quantitative estimate of drug-likeness (QED) is 0.623. The number of carboxylic acids is 1. The van der Waals surface area contributed by atoms with Crippen LogP contribution in [-0.4, -0.2) is 38.7 Å². The number of aromatic nitrogens is 2. The Morgan fingerprint density at radius 3 is 2.53 bits per heavy atom. The van der Waals surface area contributed by atoms with Crippen LogP contribution in [-0.2, 0) is 10.5 Å². The molecule has 0 aromatic carbocycles. The molecule has 2 aromatic rings. The van der Waals surface area contributed by atoms with Crippen molar-refractivity contribution in [3.8, 4) is 0 Å². The lowest BCUT2D eigenvalue weighted by atomic mass is 9.49. The van der Waals surface area contributed by atoms with Crippen molar-refractivity contribution in [2.45, 2.75) is 50.7 Å². The van der Waals surface area contributed by atoms with Gasteiger partial charge in [0, 0.05) is 24.2 Å². The molecular weight excluding hydrogens is 398 g/mol. The van der Waals surface area contributed by atoms with E-state index in [1.54, 1.807) is 11.8 Å². The van der Waals surface area contributed by atoms with Crippen molar-refractivity contribution >= 4 is 29.3 Å². The Bertz CT molecular complexity index is 934. The molecule has 1 amide bonds. The van der Waals surface area contributed by atoms with Gasteiger partial charge in [0.05, 0.1) is 12.1 Å². The number of rotatable bonds is 8. The number of thioether (sulfide) groups is 1. The van der Waals surface area contributed by atoms with Crippen LogP contribution in [0.2, 0.25) is 0 Å². The van der Waals surface area contributed by atoms with Gasteiger partial charge in [0.2, 0.25) is 0 Å². The molecule has 160 valence electrons. The maximum absolute atomic E-state index is 13.1. The van der Waals surface area contributed by atoms with Gasteiger partial charge < -0.3 is 10.4 Å². The second kappa shape index (κ2) is 7.91. The number of aliphatic carboxylic acids is 1. The lowest BCUT2D eigenvalue weighted by molar-refractivity contribution is -0.136. The highest BCUT2D eigenvalue weighted by atomic mass is 32.2. The molecular formula is C23H29N3O3S. The lowest BCUT2D eigenvalue weighted by Crippen LogP contribution is -2.51. The van der Waals surface area contributed by atoms with Gasteiger partial charge in [-0.15, -0.1) is 0 Å². The molecule has 4 aliphatic carbocycles. The molecule has 30 heavy (non-hydrogen) atoms. The van der Waals surface area contributed by atoms with E-state index in [4.69, 9.17) is 5.11 Å². The first kappa shape index (κ1) is 19.9. The average molecular weight is 428 g/mol. The molecule has 0 radical (unpaired) electrons. The standard InChI is InChI=1S/C23H29N3O3S/c27-21(28)4-5-30-13-18-12-26-19(2-1-3-20(26)25-18)22(29)24-14-23-9-15-6-16(10-23)8-17(7-15)11-23/h1-3,12,15-17H,4-11,13-14H2,(H,24,29)(H,27,28). The number of carboxylic acid groups (broad SMARTS) is 1. The summed E-state index contributed by atoms with van der Waals surface area (Å²) in [5.74, 6) is 3.03. The monoisotopic (exact) mass is 427 g/mol. The number of imidazole rings is 1. The van der Waals surface area contributed by atoms with Gasteiger partial charge in [0.15, 0.2) is 0 Å². The van der Waals surface area contributed by atoms with E-state index in [1.807, 2.05) is 28.8 Å². The minimum atomic E-state index is -0.782. The van der Waals surface area contributed by atoms with E-state index < -0.39 is 5.97 Å². The summed E-state index contributed by atoms with van der Waals surface area (Å²) in [7, 11) is 0. The number of pyridine rings is 1. The molecule has 4 saturated carbocycles. The molecule has 4 fully saturated rings. The van der Waals surface area contributed by atoms with E-state index >= 15 is 0 Å². The van der Waals surface area contributed by atoms with E-state index in [0.29, 0.717) is 22.6 Å². The van der Waals surface area contributed by atoms with Crippen LogP contribution in [0.5, 0.6) is 0 Å². The van der Waals surface area contributed by atoms with Gasteiger partial charge in [-0.1, -0.05) is 6.07 Å². The number of carbonyl (C=O) groups is 2. The third-order valence-electron chi connectivity index (χ3n) is 7.27. The first-order chi connectivity index (χ1) is 14.5. The summed E-state index contributed by atoms with van der Waals surface area (Å²) in [5.41, 5.74) is 2.56. The molecule has 0 atom stereocenters. The van der Waals surface area contributed by atoms with Gasteiger partial charge >= 0.3 is 5.97 Å². The normalized spacial score (nSPS) is 29.4. The predicted molar refractivity (Wildman–Crippen MR) is 117 cm³/mol. The number of amides is 1. The van der Waals surface area contributed by atoms with Gasteiger partial charge in [0.1, 0.15) is 11.3 Å². The van der Waals surface area contributed by atoms with Gasteiger partial charge in [-0.3, -0.25) is 14.0 Å². The molecule has 2 heterocycles. The average Bonchev–Trinajstić information content (AvgIpc) is 3.11. The number of fused-ring (bicyclic) bond motifs is 1. The predicted octanol–water partition coefficient (Wildman–Crippen LogP) is 3.99. The number of hydrogen-bond donors (Lipinski definition) is 2. The van der Waals surface area contributed by atoms with Crippen LogP contribution in [0.1, 0.15) is 61.1 Å². The van der Waals surface area contributed by atoms with Gasteiger partial charge in [-0.05, 0) is 73.8 Å². The minimum absolute atomic E-state index is 0.0289. The first-order valence-electron chi connectivity index (χ1n) is 11.0. The van der Waals surface area contributed by atoms with Crippen LogP contribution >= 0.6 is 11.8 Å². The molecule has 6 rings (SSSR count). The Morgan fingerprint density at radius 2 is 1.87 bits per heavy atom. The highest BCUT2D eigenvalue weighted by Gasteiger charge is 2.50. The van der Waals surface area contributed by atoms with Gasteiger partial charge in [-0.2, -0.15) is 11.8 Å². The fraction of sp³-hybridized carbons (Fsp3) is 0.609. The number of nitrogens with zero attached hydrogens (tertiary/aromatic N) is 2. The highest BCUT2D eigenvalue weighted by Crippen LogP contribution is 2.59. The molecule has 4 aliphatic rings. The number of nitrogens with one attached hydrogen (secondary N) is 1. The van der Waals surface area contributed by atoms with E-state index in [-0.39, 0.29) is 12.3 Å². The molecule has 7 heteroatoms. The van der Waals surface area contributed by atoms with Gasteiger partial charge in [0.25, 0.3) is 5.91 Å². The van der Waals surface area contributed by atoms with Crippen molar-refractivity contribution in [3.63, 3.8) is 0 Å². The van der Waals surface area contributed by atoms with Crippen molar-refractivity contribution in [3.05, 3.63) is 35.8 Å². The molecule has 2 N–H and O–H groups in total. The first-order valence-corrected chi connectivity index (χ1v) is 12.2. The second-order valence-corrected chi connectivity index (χ2v) is 10.8. The fourth-order valence-electron chi connectivity index (χ4n) is 6.52. The topological polar surface area (TPSA) is 83.7 Å². The summed E-state index contributed by atoms with van der Waals surface area (Å²) in [5, 5.41) is 12.0. The third kappa shape index (κ3) is 3.96. The Balaban J connectivity index is 1.25. The summed E-state index contributed by atoms with van der Waals surface area (Å²) in [4.78, 5) is 28.3. The van der Waals surface area contributed by atoms with E-state index in [9.17, 15) is 9.59 Å². The Labute approximate surface area is 180 Å². The molecule has 6 nitrogen and oxygen atoms in total. The molecule has 0 unspecified atom stereocenters. The zero-order valence-corrected chi connectivity index (χ0v) is 18.0. The lowest BCUT2D eigenvalue weighted by Gasteiger charge is -2.56. The number of carbonyl (C=O) groups excluding carboxylic acids is 1. The van der Waals surface area contributed by atoms with Crippen LogP contribution in [0.4, 0.5) is 0 Å². The minimum Gasteiger partial charge on any atom is -0.481 e. The second-order valence-electron chi connectivity index (χ2n) is 9.67. The largest absolute Gasteiger partial charge is 0.481 e. The van der Waals surface area contributed by atoms with E-state index in [2.05, 4.69) is 10.3 Å². The van der Waals surface area contributed by atoms with Crippen LogP contribution in [0.3, 0.4) is 0 Å². The molecule has 4 bridgehead atoms. The Kier molecular flexibility index (Phi) is 5.25. The van der Waals surface area contributed by atoms with Crippen molar-refractivity contribution in [2.24, 2.45) is 23.2 Å². The SMILES string of the molecule is O=C(O)CCSCc1cn2c(C(=O)NCC34CC5CC(CC(C5)C3)C4)cccc2n1. The van der Waals surface area contributed by atoms with Crippen molar-refractivity contribution in [1.29, 1.82) is 0 Å². The molecule has 0 spiro atoms. The van der Waals surface area contributed by atoms with Gasteiger partial charge in [-0.25, -0.2) is 4.98 Å². The fourth-order valence-corrected chi connectivity index (χ4v) is 7.33. The zero-order chi connectivity index (χ0) is 20.7. The Morgan fingerprint density at radius 1 is 1.17 bits per heavy atom. The summed E-state index contributed by atoms with van der Waals surface area (Å²) in [6.45, 7) is 0.790. The Hall–Kier alpha value is -2.02. The third-order valence-corrected chi connectivity index (χ3v) is 8.27. The molecule has 0 aliphatic heterocycles. The maximum atomic E-state index is 13.1. The van der Waals surface area contributed by atoms with Crippen molar-refractivity contribution in [2.75, 3.05) is 12.3 Å². The van der Waals surface area contributed by atoms with Crippen LogP contribution in [0.25, 0.3) is 5.65 Å². The van der Waals surface area contributed by atoms with Crippen LogP contribution in [0.15, 0.2) is 24.4 Å². The smallest absolute Gasteiger partial charge is 0.304 e. The molecule has 2 aromatic heterocycles.